The molecule has 1 aliphatic heterocycles. The predicted molar refractivity (Wildman–Crippen MR) is 136 cm³/mol. The van der Waals surface area contributed by atoms with Crippen LogP contribution in [0, 0.1) is 0 Å². The van der Waals surface area contributed by atoms with Crippen LogP contribution in [-0.2, 0) is 21.4 Å². The van der Waals surface area contributed by atoms with Crippen molar-refractivity contribution in [1.29, 1.82) is 0 Å². The van der Waals surface area contributed by atoms with Crippen LogP contribution in [0.3, 0.4) is 0 Å². The zero-order valence-corrected chi connectivity index (χ0v) is 20.8. The lowest BCUT2D eigenvalue weighted by molar-refractivity contribution is -0.133. The van der Waals surface area contributed by atoms with E-state index in [2.05, 4.69) is 17.4 Å². The molecular weight excluding hydrogens is 460 g/mol. The molecule has 1 N–H and O–H groups in total. The number of benzene rings is 2. The molecule has 6 nitrogen and oxygen atoms in total. The zero-order chi connectivity index (χ0) is 24.4. The van der Waals surface area contributed by atoms with Crippen molar-refractivity contribution in [3.05, 3.63) is 87.6 Å². The molecule has 1 aliphatic carbocycles. The first kappa shape index (κ1) is 23.6. The zero-order valence-electron chi connectivity index (χ0n) is 20.0. The van der Waals surface area contributed by atoms with Gasteiger partial charge >= 0.3 is 0 Å². The molecule has 2 amide bonds. The highest BCUT2D eigenvalue weighted by atomic mass is 32.1. The van der Waals surface area contributed by atoms with E-state index in [9.17, 15) is 9.59 Å². The topological polar surface area (TPSA) is 67.9 Å². The van der Waals surface area contributed by atoms with Crippen molar-refractivity contribution in [1.82, 2.24) is 10.2 Å². The fraction of sp³-hybridized carbons (Fsp3) is 0.357. The van der Waals surface area contributed by atoms with Crippen molar-refractivity contribution in [2.24, 2.45) is 0 Å². The van der Waals surface area contributed by atoms with Gasteiger partial charge in [-0.1, -0.05) is 36.4 Å². The van der Waals surface area contributed by atoms with E-state index < -0.39 is 0 Å². The lowest BCUT2D eigenvalue weighted by Gasteiger charge is -2.44. The minimum absolute atomic E-state index is 0.166. The first-order valence-electron chi connectivity index (χ1n) is 11.9. The second kappa shape index (κ2) is 9.84. The second-order valence-corrected chi connectivity index (χ2v) is 10.0. The summed E-state index contributed by atoms with van der Waals surface area (Å²) >= 11 is 1.62. The highest BCUT2D eigenvalue weighted by Crippen LogP contribution is 2.52. The fourth-order valence-electron chi connectivity index (χ4n) is 5.81. The molecule has 0 unspecified atom stereocenters. The summed E-state index contributed by atoms with van der Waals surface area (Å²) in [5, 5.41) is 7.28. The molecule has 7 heteroatoms. The minimum atomic E-state index is -0.290. The Hall–Kier alpha value is -3.16. The van der Waals surface area contributed by atoms with Crippen molar-refractivity contribution >= 4 is 23.2 Å². The number of piperidine rings is 1. The van der Waals surface area contributed by atoms with Gasteiger partial charge in [-0.05, 0) is 58.5 Å². The minimum Gasteiger partial charge on any atom is -0.496 e. The normalized spacial score (nSPS) is 20.5. The molecule has 5 rings (SSSR count). The van der Waals surface area contributed by atoms with Crippen molar-refractivity contribution < 1.29 is 19.1 Å². The van der Waals surface area contributed by atoms with Crippen molar-refractivity contribution in [3.63, 3.8) is 0 Å². The third-order valence-electron chi connectivity index (χ3n) is 7.52. The smallest absolute Gasteiger partial charge is 0.255 e. The quantitative estimate of drug-likeness (QED) is 0.558. The molecule has 2 aliphatic rings. The molecular formula is C28H30N2O4S. The summed E-state index contributed by atoms with van der Waals surface area (Å²) in [4.78, 5) is 28.2. The third-order valence-corrected chi connectivity index (χ3v) is 8.25. The van der Waals surface area contributed by atoms with Gasteiger partial charge in [0.25, 0.3) is 5.91 Å². The van der Waals surface area contributed by atoms with Gasteiger partial charge in [0.15, 0.2) is 0 Å². The SMILES string of the molecule is COc1ccccc1C(=O)N[C@@H]1c2ccccc2C2(CCN(C(=O)Cc3ccsc3)CC2)[C@H]1OC. The first-order chi connectivity index (χ1) is 17.1. The van der Waals surface area contributed by atoms with Crippen LogP contribution in [0.15, 0.2) is 65.4 Å². The second-order valence-electron chi connectivity index (χ2n) is 9.24. The summed E-state index contributed by atoms with van der Waals surface area (Å²) in [5.74, 6) is 0.515. The lowest BCUT2D eigenvalue weighted by atomic mass is 9.71. The van der Waals surface area contributed by atoms with Crippen LogP contribution in [0.2, 0.25) is 0 Å². The fourth-order valence-corrected chi connectivity index (χ4v) is 6.48. The molecule has 2 heterocycles. The van der Waals surface area contributed by atoms with Gasteiger partial charge in [-0.2, -0.15) is 11.3 Å². The number of hydrogen-bond donors (Lipinski definition) is 1. The number of carbonyl (C=O) groups excluding carboxylic acids is 2. The van der Waals surface area contributed by atoms with Gasteiger partial charge < -0.3 is 19.7 Å². The first-order valence-corrected chi connectivity index (χ1v) is 12.9. The van der Waals surface area contributed by atoms with Gasteiger partial charge in [0, 0.05) is 25.6 Å². The van der Waals surface area contributed by atoms with Crippen molar-refractivity contribution in [3.8, 4) is 5.75 Å². The van der Waals surface area contributed by atoms with E-state index >= 15 is 0 Å². The number of fused-ring (bicyclic) bond motifs is 2. The number of rotatable bonds is 6. The average molecular weight is 491 g/mol. The Labute approximate surface area is 209 Å². The molecule has 2 atom stereocenters. The van der Waals surface area contributed by atoms with Gasteiger partial charge in [-0.15, -0.1) is 0 Å². The lowest BCUT2D eigenvalue weighted by Crippen LogP contribution is -2.52. The maximum absolute atomic E-state index is 13.3. The number of nitrogens with one attached hydrogen (secondary N) is 1. The van der Waals surface area contributed by atoms with Gasteiger partial charge in [-0.3, -0.25) is 9.59 Å². The summed E-state index contributed by atoms with van der Waals surface area (Å²) in [7, 11) is 3.28. The number of ether oxygens (including phenoxy) is 2. The molecule has 3 aromatic rings. The molecule has 0 bridgehead atoms. The number of para-hydroxylation sites is 1. The molecule has 1 aromatic heterocycles. The number of nitrogens with zero attached hydrogens (tertiary/aromatic N) is 1. The number of methoxy groups -OCH3 is 2. The number of amides is 2. The van der Waals surface area contributed by atoms with Crippen molar-refractivity contribution in [2.75, 3.05) is 27.3 Å². The van der Waals surface area contributed by atoms with E-state index in [1.54, 1.807) is 37.7 Å². The monoisotopic (exact) mass is 490 g/mol. The Morgan fingerprint density at radius 2 is 1.80 bits per heavy atom. The largest absolute Gasteiger partial charge is 0.496 e. The molecule has 0 radical (unpaired) electrons. The Kier molecular flexibility index (Phi) is 6.62. The number of hydrogen-bond acceptors (Lipinski definition) is 5. The molecule has 1 fully saturated rings. The Balaban J connectivity index is 1.39. The summed E-state index contributed by atoms with van der Waals surface area (Å²) in [6, 6.07) is 17.2. The summed E-state index contributed by atoms with van der Waals surface area (Å²) in [6.45, 7) is 1.34. The van der Waals surface area contributed by atoms with E-state index in [-0.39, 0.29) is 29.4 Å². The maximum atomic E-state index is 13.3. The van der Waals surface area contributed by atoms with Crippen LogP contribution >= 0.6 is 11.3 Å². The third kappa shape index (κ3) is 4.23. The molecule has 35 heavy (non-hydrogen) atoms. The van der Waals surface area contributed by atoms with E-state index in [0.717, 1.165) is 24.0 Å². The molecule has 1 saturated heterocycles. The summed E-state index contributed by atoms with van der Waals surface area (Å²) in [5.41, 5.74) is 3.60. The van der Waals surface area contributed by atoms with E-state index in [1.165, 1.54) is 5.56 Å². The van der Waals surface area contributed by atoms with E-state index in [1.807, 2.05) is 46.0 Å². The van der Waals surface area contributed by atoms with Crippen LogP contribution in [0.5, 0.6) is 5.75 Å². The Bertz CT molecular complexity index is 1200. The van der Waals surface area contributed by atoms with Gasteiger partial charge in [-0.25, -0.2) is 0 Å². The molecule has 2 aromatic carbocycles. The maximum Gasteiger partial charge on any atom is 0.255 e. The van der Waals surface area contributed by atoms with Crippen LogP contribution in [-0.4, -0.2) is 50.1 Å². The van der Waals surface area contributed by atoms with Gasteiger partial charge in [0.2, 0.25) is 5.91 Å². The Morgan fingerprint density at radius 3 is 2.51 bits per heavy atom. The standard InChI is InChI=1S/C28H30N2O4S/c1-33-23-10-6-4-8-21(23)27(32)29-25-20-7-3-5-9-22(20)28(26(25)34-2)12-14-30(15-13-28)24(31)17-19-11-16-35-18-19/h3-11,16,18,25-26H,12-15,17H2,1-2H3,(H,29,32)/t25-,26+/m1/s1. The van der Waals surface area contributed by atoms with Crippen LogP contribution < -0.4 is 10.1 Å². The molecule has 0 saturated carbocycles. The summed E-state index contributed by atoms with van der Waals surface area (Å²) in [6.07, 6.45) is 1.80. The van der Waals surface area contributed by atoms with Gasteiger partial charge in [0.1, 0.15) is 5.75 Å². The molecule has 182 valence electrons. The van der Waals surface area contributed by atoms with Crippen molar-refractivity contribution in [2.45, 2.75) is 36.8 Å². The summed E-state index contributed by atoms with van der Waals surface area (Å²) < 4.78 is 11.5. The number of carbonyl (C=O) groups is 2. The highest BCUT2D eigenvalue weighted by Gasteiger charge is 2.54. The number of thiophene rings is 1. The molecule has 1 spiro atoms. The average Bonchev–Trinajstić information content (AvgIpc) is 3.49. The highest BCUT2D eigenvalue weighted by molar-refractivity contribution is 7.08. The predicted octanol–water partition coefficient (Wildman–Crippen LogP) is 4.36. The van der Waals surface area contributed by atoms with E-state index in [4.69, 9.17) is 9.47 Å². The van der Waals surface area contributed by atoms with Crippen LogP contribution in [0.4, 0.5) is 0 Å². The number of likely N-dealkylation sites (tertiary alicyclic amines) is 1. The van der Waals surface area contributed by atoms with Crippen LogP contribution in [0.25, 0.3) is 0 Å². The van der Waals surface area contributed by atoms with Gasteiger partial charge in [0.05, 0.1) is 31.2 Å². The Morgan fingerprint density at radius 1 is 1.06 bits per heavy atom. The van der Waals surface area contributed by atoms with E-state index in [0.29, 0.717) is 30.8 Å². The van der Waals surface area contributed by atoms with Crippen LogP contribution in [0.1, 0.15) is 45.9 Å².